The lowest BCUT2D eigenvalue weighted by atomic mass is 10.0. The molecule has 0 N–H and O–H groups in total. The Morgan fingerprint density at radius 1 is 0.824 bits per heavy atom. The first-order valence-electron chi connectivity index (χ1n) is 11.8. The third kappa shape index (κ3) is 5.05. The van der Waals surface area contributed by atoms with Crippen LogP contribution in [0.25, 0.3) is 10.8 Å². The number of fused-ring (bicyclic) bond motifs is 1. The summed E-state index contributed by atoms with van der Waals surface area (Å²) in [5, 5.41) is 7.61. The Balaban J connectivity index is 1.44. The second-order valence-electron chi connectivity index (χ2n) is 9.01. The van der Waals surface area contributed by atoms with E-state index in [0.717, 1.165) is 60.9 Å². The lowest BCUT2D eigenvalue weighted by Gasteiger charge is -2.21. The fourth-order valence-electron chi connectivity index (χ4n) is 4.88. The van der Waals surface area contributed by atoms with Gasteiger partial charge in [-0.2, -0.15) is 5.10 Å². The average Bonchev–Trinajstić information content (AvgIpc) is 3.09. The number of aromatic nitrogens is 2. The lowest BCUT2D eigenvalue weighted by Crippen LogP contribution is -2.30. The zero-order valence-corrected chi connectivity index (χ0v) is 20.5. The van der Waals surface area contributed by atoms with Gasteiger partial charge >= 0.3 is 0 Å². The molecule has 6 heteroatoms. The van der Waals surface area contributed by atoms with Gasteiger partial charge < -0.3 is 0 Å². The van der Waals surface area contributed by atoms with Crippen LogP contribution in [0.5, 0.6) is 0 Å². The van der Waals surface area contributed by atoms with Crippen molar-refractivity contribution in [3.63, 3.8) is 0 Å². The van der Waals surface area contributed by atoms with E-state index in [2.05, 4.69) is 35.2 Å². The fourth-order valence-corrected chi connectivity index (χ4v) is 5.20. The van der Waals surface area contributed by atoms with Crippen molar-refractivity contribution in [3.05, 3.63) is 110 Å². The minimum Gasteiger partial charge on any atom is -0.299 e. The molecule has 2 heterocycles. The van der Waals surface area contributed by atoms with E-state index in [9.17, 15) is 4.79 Å². The summed E-state index contributed by atoms with van der Waals surface area (Å²) in [6.07, 6.45) is 3.48. The van der Waals surface area contributed by atoms with Gasteiger partial charge in [-0.15, -0.1) is 0 Å². The summed E-state index contributed by atoms with van der Waals surface area (Å²) in [6.45, 7) is 2.92. The molecule has 4 nitrogen and oxygen atoms in total. The molecule has 0 saturated carbocycles. The van der Waals surface area contributed by atoms with E-state index in [1.165, 1.54) is 5.56 Å². The van der Waals surface area contributed by atoms with Crippen LogP contribution < -0.4 is 5.56 Å². The number of benzene rings is 3. The van der Waals surface area contributed by atoms with Crippen LogP contribution in [0.15, 0.2) is 77.6 Å². The van der Waals surface area contributed by atoms with Gasteiger partial charge in [0.15, 0.2) is 0 Å². The molecule has 1 unspecified atom stereocenters. The smallest absolute Gasteiger partial charge is 0.274 e. The van der Waals surface area contributed by atoms with E-state index in [0.29, 0.717) is 16.5 Å². The van der Waals surface area contributed by atoms with Crippen molar-refractivity contribution in [1.82, 2.24) is 14.7 Å². The fraction of sp³-hybridized carbons (Fsp3) is 0.286. The van der Waals surface area contributed by atoms with Crippen LogP contribution in [0, 0.1) is 0 Å². The van der Waals surface area contributed by atoms with Crippen LogP contribution in [0.3, 0.4) is 0 Å². The van der Waals surface area contributed by atoms with Crippen molar-refractivity contribution in [2.24, 2.45) is 0 Å². The topological polar surface area (TPSA) is 38.1 Å². The molecule has 0 bridgehead atoms. The Bertz CT molecular complexity index is 1350. The summed E-state index contributed by atoms with van der Waals surface area (Å²) >= 11 is 12.4. The van der Waals surface area contributed by atoms with Crippen molar-refractivity contribution >= 4 is 34.0 Å². The van der Waals surface area contributed by atoms with E-state index >= 15 is 0 Å². The van der Waals surface area contributed by atoms with Gasteiger partial charge in [-0.3, -0.25) is 9.69 Å². The molecule has 0 aliphatic carbocycles. The highest BCUT2D eigenvalue weighted by atomic mass is 35.5. The van der Waals surface area contributed by atoms with Crippen LogP contribution in [-0.2, 0) is 13.0 Å². The van der Waals surface area contributed by atoms with Crippen molar-refractivity contribution in [2.75, 3.05) is 13.1 Å². The molecule has 1 saturated heterocycles. The SMILES string of the molecule is O=c1c2ccccc2c(Cc2ccc(Cl)c(Cl)c2)nn1C1CCCN(Cc2ccccc2)CC1. The highest BCUT2D eigenvalue weighted by Gasteiger charge is 2.22. The summed E-state index contributed by atoms with van der Waals surface area (Å²) in [5.41, 5.74) is 3.23. The molecule has 34 heavy (non-hydrogen) atoms. The monoisotopic (exact) mass is 491 g/mol. The Labute approximate surface area is 209 Å². The zero-order chi connectivity index (χ0) is 23.5. The quantitative estimate of drug-likeness (QED) is 0.318. The van der Waals surface area contributed by atoms with Crippen LogP contribution >= 0.6 is 23.2 Å². The summed E-state index contributed by atoms with van der Waals surface area (Å²) in [5.74, 6) is 0. The molecule has 3 aromatic carbocycles. The molecule has 0 spiro atoms. The number of rotatable bonds is 5. The molecular weight excluding hydrogens is 465 g/mol. The van der Waals surface area contributed by atoms with Crippen LogP contribution in [0.1, 0.15) is 42.1 Å². The Morgan fingerprint density at radius 3 is 2.38 bits per heavy atom. The minimum atomic E-state index is -0.00463. The second kappa shape index (κ2) is 10.3. The molecule has 0 radical (unpaired) electrons. The van der Waals surface area contributed by atoms with Gasteiger partial charge in [-0.05, 0) is 55.1 Å². The molecule has 4 aromatic rings. The van der Waals surface area contributed by atoms with Crippen molar-refractivity contribution < 1.29 is 0 Å². The molecule has 0 amide bonds. The number of halogens is 2. The predicted molar refractivity (Wildman–Crippen MR) is 140 cm³/mol. The first kappa shape index (κ1) is 23.1. The van der Waals surface area contributed by atoms with Gasteiger partial charge in [0.25, 0.3) is 5.56 Å². The van der Waals surface area contributed by atoms with Crippen molar-refractivity contribution in [3.8, 4) is 0 Å². The third-order valence-electron chi connectivity index (χ3n) is 6.65. The number of likely N-dealkylation sites (tertiary alicyclic amines) is 1. The number of hydrogen-bond acceptors (Lipinski definition) is 3. The first-order chi connectivity index (χ1) is 16.6. The first-order valence-corrected chi connectivity index (χ1v) is 12.5. The van der Waals surface area contributed by atoms with Gasteiger partial charge in [0.1, 0.15) is 0 Å². The second-order valence-corrected chi connectivity index (χ2v) is 9.83. The predicted octanol–water partition coefficient (Wildman–Crippen LogP) is 6.52. The van der Waals surface area contributed by atoms with Crippen LogP contribution in [0.4, 0.5) is 0 Å². The summed E-state index contributed by atoms with van der Waals surface area (Å²) in [7, 11) is 0. The molecule has 1 atom stereocenters. The minimum absolute atomic E-state index is 0.00463. The number of nitrogens with zero attached hydrogens (tertiary/aromatic N) is 3. The molecule has 1 aromatic heterocycles. The van der Waals surface area contributed by atoms with Gasteiger partial charge in [0.05, 0.1) is 27.2 Å². The van der Waals surface area contributed by atoms with Crippen molar-refractivity contribution in [1.29, 1.82) is 0 Å². The Hall–Kier alpha value is -2.66. The maximum atomic E-state index is 13.5. The Morgan fingerprint density at radius 2 is 1.59 bits per heavy atom. The molecule has 1 aliphatic heterocycles. The largest absolute Gasteiger partial charge is 0.299 e. The molecule has 5 rings (SSSR count). The van der Waals surface area contributed by atoms with Gasteiger partial charge in [0, 0.05) is 24.9 Å². The van der Waals surface area contributed by atoms with E-state index in [1.807, 2.05) is 42.5 Å². The van der Waals surface area contributed by atoms with Gasteiger partial charge in [0.2, 0.25) is 0 Å². The van der Waals surface area contributed by atoms with Crippen LogP contribution in [-0.4, -0.2) is 27.8 Å². The number of hydrogen-bond donors (Lipinski definition) is 0. The normalized spacial score (nSPS) is 17.1. The van der Waals surface area contributed by atoms with E-state index < -0.39 is 0 Å². The maximum absolute atomic E-state index is 13.5. The van der Waals surface area contributed by atoms with E-state index in [-0.39, 0.29) is 11.6 Å². The molecule has 1 fully saturated rings. The van der Waals surface area contributed by atoms with E-state index in [4.69, 9.17) is 28.3 Å². The highest BCUT2D eigenvalue weighted by molar-refractivity contribution is 6.42. The zero-order valence-electron chi connectivity index (χ0n) is 19.0. The third-order valence-corrected chi connectivity index (χ3v) is 7.38. The maximum Gasteiger partial charge on any atom is 0.274 e. The Kier molecular flexibility index (Phi) is 7.00. The molecular formula is C28H27Cl2N3O. The van der Waals surface area contributed by atoms with Crippen LogP contribution in [0.2, 0.25) is 10.0 Å². The molecule has 174 valence electrons. The standard InChI is InChI=1S/C28H27Cl2N3O/c29-25-13-12-21(17-26(25)30)18-27-23-10-4-5-11-24(23)28(34)33(31-27)22-9-6-15-32(16-14-22)19-20-7-2-1-3-8-20/h1-5,7-8,10-13,17,22H,6,9,14-16,18-19H2. The molecule has 1 aliphatic rings. The lowest BCUT2D eigenvalue weighted by molar-refractivity contribution is 0.270. The van der Waals surface area contributed by atoms with Crippen molar-refractivity contribution in [2.45, 2.75) is 38.3 Å². The van der Waals surface area contributed by atoms with Gasteiger partial charge in [-0.1, -0.05) is 77.8 Å². The summed E-state index contributed by atoms with van der Waals surface area (Å²) < 4.78 is 1.75. The van der Waals surface area contributed by atoms with E-state index in [1.54, 1.807) is 4.68 Å². The summed E-state index contributed by atoms with van der Waals surface area (Å²) in [6, 6.07) is 24.1. The average molecular weight is 492 g/mol. The summed E-state index contributed by atoms with van der Waals surface area (Å²) in [4.78, 5) is 15.9. The highest BCUT2D eigenvalue weighted by Crippen LogP contribution is 2.27. The van der Waals surface area contributed by atoms with Gasteiger partial charge in [-0.25, -0.2) is 4.68 Å².